The van der Waals surface area contributed by atoms with Gasteiger partial charge in [0, 0.05) is 43.8 Å². The number of halogens is 6. The van der Waals surface area contributed by atoms with Crippen molar-refractivity contribution in [1.82, 2.24) is 0 Å². The first kappa shape index (κ1) is 30.2. The van der Waals surface area contributed by atoms with Gasteiger partial charge in [-0.15, -0.1) is 0 Å². The minimum Gasteiger partial charge on any atom is -0.206 e. The fourth-order valence-corrected chi connectivity index (χ4v) is 7.31. The van der Waals surface area contributed by atoms with Crippen LogP contribution in [0.3, 0.4) is 0 Å². The molecular weight excluding hydrogens is 642 g/mol. The van der Waals surface area contributed by atoms with Crippen molar-refractivity contribution >= 4 is 64.6 Å². The van der Waals surface area contributed by atoms with E-state index in [1.165, 1.54) is 24.3 Å². The largest absolute Gasteiger partial charge is 0.299 e. The van der Waals surface area contributed by atoms with E-state index in [9.17, 15) is 0 Å². The molecule has 0 unspecified atom stereocenters. The molecule has 0 saturated heterocycles. The van der Waals surface area contributed by atoms with Gasteiger partial charge in [0.25, 0.3) is 11.8 Å². The molecule has 0 heterocycles. The lowest BCUT2D eigenvalue weighted by Crippen LogP contribution is -2.33. The van der Waals surface area contributed by atoms with Gasteiger partial charge in [0.05, 0.1) is 0 Å². The maximum Gasteiger partial charge on any atom is 0.299 e. The van der Waals surface area contributed by atoms with Crippen molar-refractivity contribution in [3.8, 4) is 0 Å². The van der Waals surface area contributed by atoms with Crippen molar-refractivity contribution in [2.24, 2.45) is 0 Å². The third-order valence-corrected chi connectivity index (χ3v) is 9.84. The lowest BCUT2D eigenvalue weighted by molar-refractivity contribution is -0.0110. The Morgan fingerprint density at radius 3 is 0.660 bits per heavy atom. The van der Waals surface area contributed by atoms with Gasteiger partial charge >= 0.3 is 0 Å². The standard InChI is InChI=1S/C22H12F4.C22H12F2/c23-21(24)17-9-13-5-1-2-6-14(13)10-18(17)22(25,26)20-12-16-8-4-3-7-15(16)11-19(20)21;23-21-17-9-13-5-1-2-6-14(13)10-18(17)22(24)20-12-16-8-4-3-7-15(16)11-19(20)21/h1-12H;1-12H. The summed E-state index contributed by atoms with van der Waals surface area (Å²) in [7, 11) is 0. The first-order valence-electron chi connectivity index (χ1n) is 16.1. The average molecular weight is 667 g/mol. The number of benzene rings is 9. The lowest BCUT2D eigenvalue weighted by atomic mass is 9.78. The molecule has 9 aromatic rings. The van der Waals surface area contributed by atoms with Gasteiger partial charge < -0.3 is 0 Å². The van der Waals surface area contributed by atoms with E-state index in [0.29, 0.717) is 43.1 Å². The first-order chi connectivity index (χ1) is 24.1. The highest BCUT2D eigenvalue weighted by molar-refractivity contribution is 6.09. The van der Waals surface area contributed by atoms with E-state index in [1.807, 2.05) is 48.5 Å². The van der Waals surface area contributed by atoms with Crippen molar-refractivity contribution in [3.63, 3.8) is 0 Å². The number of hydrogen-bond donors (Lipinski definition) is 0. The van der Waals surface area contributed by atoms with Crippen LogP contribution in [0.2, 0.25) is 0 Å². The lowest BCUT2D eigenvalue weighted by Gasteiger charge is -2.34. The summed E-state index contributed by atoms with van der Waals surface area (Å²) in [6.45, 7) is 0. The summed E-state index contributed by atoms with van der Waals surface area (Å²) in [6, 6.07) is 40.4. The van der Waals surface area contributed by atoms with E-state index in [2.05, 4.69) is 0 Å². The van der Waals surface area contributed by atoms with Crippen molar-refractivity contribution in [1.29, 1.82) is 0 Å². The van der Waals surface area contributed by atoms with Crippen LogP contribution in [0.15, 0.2) is 146 Å². The van der Waals surface area contributed by atoms with Crippen molar-refractivity contribution in [2.75, 3.05) is 0 Å². The third kappa shape index (κ3) is 4.48. The fourth-order valence-electron chi connectivity index (χ4n) is 7.31. The molecule has 0 radical (unpaired) electrons. The highest BCUT2D eigenvalue weighted by Gasteiger charge is 2.53. The maximum absolute atomic E-state index is 15.3. The molecule has 0 aliphatic heterocycles. The summed E-state index contributed by atoms with van der Waals surface area (Å²) >= 11 is 0. The number of hydrogen-bond acceptors (Lipinski definition) is 0. The van der Waals surface area contributed by atoms with Crippen molar-refractivity contribution in [2.45, 2.75) is 11.8 Å². The molecule has 0 amide bonds. The summed E-state index contributed by atoms with van der Waals surface area (Å²) in [4.78, 5) is 0. The van der Waals surface area contributed by atoms with E-state index in [4.69, 9.17) is 0 Å². The zero-order chi connectivity index (χ0) is 34.4. The van der Waals surface area contributed by atoms with E-state index < -0.39 is 34.1 Å². The van der Waals surface area contributed by atoms with Crippen LogP contribution in [-0.4, -0.2) is 0 Å². The summed E-state index contributed by atoms with van der Waals surface area (Å²) in [5.41, 5.74) is -2.49. The quantitative estimate of drug-likeness (QED) is 0.112. The molecule has 1 aliphatic carbocycles. The fraction of sp³-hybridized carbons (Fsp3) is 0.0455. The Balaban J connectivity index is 0.000000135. The summed E-state index contributed by atoms with van der Waals surface area (Å²) in [5, 5.41) is 7.01. The molecule has 0 atom stereocenters. The van der Waals surface area contributed by atoms with Gasteiger partial charge in [0.1, 0.15) is 11.6 Å². The van der Waals surface area contributed by atoms with E-state index in [-0.39, 0.29) is 11.6 Å². The Kier molecular flexibility index (Phi) is 6.53. The van der Waals surface area contributed by atoms with Gasteiger partial charge in [-0.2, -0.15) is 17.6 Å². The van der Waals surface area contributed by atoms with Crippen molar-refractivity contribution < 1.29 is 26.3 Å². The highest BCUT2D eigenvalue weighted by atomic mass is 19.3. The van der Waals surface area contributed by atoms with Gasteiger partial charge in [-0.05, 0) is 91.6 Å². The Morgan fingerprint density at radius 2 is 0.460 bits per heavy atom. The Bertz CT molecular complexity index is 2470. The van der Waals surface area contributed by atoms with Gasteiger partial charge in [0.15, 0.2) is 0 Å². The van der Waals surface area contributed by atoms with Crippen LogP contribution in [0.25, 0.3) is 64.6 Å². The van der Waals surface area contributed by atoms with Crippen LogP contribution in [-0.2, 0) is 11.8 Å². The highest BCUT2D eigenvalue weighted by Crippen LogP contribution is 2.54. The predicted octanol–water partition coefficient (Wildman–Crippen LogP) is 13.2. The van der Waals surface area contributed by atoms with Crippen LogP contribution in [0.4, 0.5) is 26.3 Å². The number of rotatable bonds is 0. The Morgan fingerprint density at radius 1 is 0.280 bits per heavy atom. The topological polar surface area (TPSA) is 0 Å². The molecule has 50 heavy (non-hydrogen) atoms. The molecule has 0 nitrogen and oxygen atoms in total. The molecule has 0 bridgehead atoms. The smallest absolute Gasteiger partial charge is 0.206 e. The van der Waals surface area contributed by atoms with Crippen LogP contribution >= 0.6 is 0 Å². The SMILES string of the molecule is FC1(F)c2cc3ccccc3cc2C(F)(F)c2cc3ccccc3cc21.Fc1c2cc3ccccc3cc2c(F)c2cc3ccccc3cc12. The Hall–Kier alpha value is -5.88. The number of alkyl halides is 4. The monoisotopic (exact) mass is 666 g/mol. The zero-order valence-corrected chi connectivity index (χ0v) is 26.1. The molecule has 10 rings (SSSR count). The van der Waals surface area contributed by atoms with E-state index >= 15 is 26.3 Å². The molecule has 0 aromatic heterocycles. The molecule has 0 fully saturated rings. The predicted molar refractivity (Wildman–Crippen MR) is 190 cm³/mol. The van der Waals surface area contributed by atoms with E-state index in [0.717, 1.165) is 21.5 Å². The molecule has 0 saturated carbocycles. The maximum atomic E-state index is 15.3. The van der Waals surface area contributed by atoms with Gasteiger partial charge in [-0.25, -0.2) is 8.78 Å². The molecular formula is C44H24F6. The second kappa shape index (κ2) is 10.8. The van der Waals surface area contributed by atoms with Gasteiger partial charge in [-0.1, -0.05) is 97.1 Å². The number of fused-ring (bicyclic) bond motifs is 8. The minimum atomic E-state index is -3.49. The molecule has 0 N–H and O–H groups in total. The normalized spacial score (nSPS) is 14.5. The van der Waals surface area contributed by atoms with E-state index in [1.54, 1.807) is 72.8 Å². The third-order valence-electron chi connectivity index (χ3n) is 9.84. The molecule has 242 valence electrons. The van der Waals surface area contributed by atoms with Crippen molar-refractivity contribution in [3.05, 3.63) is 179 Å². The minimum absolute atomic E-state index is 0.328. The summed E-state index contributed by atoms with van der Waals surface area (Å²) in [5.74, 6) is -7.70. The van der Waals surface area contributed by atoms with Gasteiger partial charge in [0.2, 0.25) is 0 Å². The Labute approximate surface area is 281 Å². The van der Waals surface area contributed by atoms with Crippen LogP contribution in [0.5, 0.6) is 0 Å². The van der Waals surface area contributed by atoms with Crippen LogP contribution in [0, 0.1) is 11.6 Å². The second-order valence-electron chi connectivity index (χ2n) is 12.8. The van der Waals surface area contributed by atoms with Crippen LogP contribution < -0.4 is 0 Å². The van der Waals surface area contributed by atoms with Gasteiger partial charge in [-0.3, -0.25) is 0 Å². The zero-order valence-electron chi connectivity index (χ0n) is 26.1. The first-order valence-corrected chi connectivity index (χ1v) is 16.1. The second-order valence-corrected chi connectivity index (χ2v) is 12.8. The average Bonchev–Trinajstić information content (AvgIpc) is 3.14. The molecule has 9 aromatic carbocycles. The summed E-state index contributed by atoms with van der Waals surface area (Å²) in [6.07, 6.45) is 0. The molecule has 6 heteroatoms. The van der Waals surface area contributed by atoms with Crippen LogP contribution in [0.1, 0.15) is 22.3 Å². The molecule has 1 aliphatic rings. The molecule has 0 spiro atoms. The summed E-state index contributed by atoms with van der Waals surface area (Å²) < 4.78 is 91.3.